The molecule has 0 radical (unpaired) electrons. The van der Waals surface area contributed by atoms with Crippen molar-refractivity contribution >= 4 is 22.7 Å². The third kappa shape index (κ3) is 5.25. The third-order valence-corrected chi connectivity index (χ3v) is 8.62. The summed E-state index contributed by atoms with van der Waals surface area (Å²) in [5.74, 6) is -0.712. The number of aliphatic hydroxyl groups is 2. The van der Waals surface area contributed by atoms with Crippen molar-refractivity contribution in [2.24, 2.45) is 5.92 Å². The van der Waals surface area contributed by atoms with Crippen LogP contribution in [0, 0.1) is 11.7 Å². The number of benzene rings is 1. The number of piperidine rings is 4. The van der Waals surface area contributed by atoms with Crippen molar-refractivity contribution in [2.45, 2.75) is 68.7 Å². The number of H-pyrrole nitrogens is 2. The van der Waals surface area contributed by atoms with E-state index in [2.05, 4.69) is 9.88 Å². The van der Waals surface area contributed by atoms with E-state index in [0.717, 1.165) is 47.4 Å². The zero-order chi connectivity index (χ0) is 28.8. The first-order valence-electron chi connectivity index (χ1n) is 13.7. The Bertz CT molecular complexity index is 1570. The number of nitrogens with zero attached hydrogens (tertiary/aromatic N) is 2. The predicted octanol–water partition coefficient (Wildman–Crippen LogP) is 0.835. The molecule has 0 amide bonds. The smallest absolute Gasteiger partial charge is 0.340 e. The van der Waals surface area contributed by atoms with Crippen molar-refractivity contribution in [1.29, 1.82) is 0 Å². The van der Waals surface area contributed by atoms with E-state index >= 15 is 0 Å². The van der Waals surface area contributed by atoms with Crippen LogP contribution in [0.25, 0.3) is 10.9 Å². The van der Waals surface area contributed by atoms with Gasteiger partial charge in [0.15, 0.2) is 0 Å². The molecule has 0 aliphatic carbocycles. The van der Waals surface area contributed by atoms with Crippen LogP contribution in [-0.2, 0) is 14.3 Å². The van der Waals surface area contributed by atoms with Gasteiger partial charge in [0.1, 0.15) is 24.2 Å². The van der Waals surface area contributed by atoms with Crippen molar-refractivity contribution in [3.8, 4) is 0 Å². The third-order valence-electron chi connectivity index (χ3n) is 8.62. The number of carbonyl (C=O) groups excluding carboxylic acids is 2. The minimum Gasteiger partial charge on any atom is -0.459 e. The minimum atomic E-state index is -1.12. The second kappa shape index (κ2) is 11.0. The summed E-state index contributed by atoms with van der Waals surface area (Å²) in [6.07, 6.45) is 3.40. The second-order valence-corrected chi connectivity index (χ2v) is 11.1. The number of hydrogen-bond donors (Lipinski definition) is 4. The molecule has 5 saturated heterocycles. The maximum absolute atomic E-state index is 13.0. The van der Waals surface area contributed by atoms with Gasteiger partial charge in [-0.2, -0.15) is 4.39 Å². The lowest BCUT2D eigenvalue weighted by Crippen LogP contribution is -2.63. The molecular weight excluding hydrogens is 539 g/mol. The Morgan fingerprint density at radius 3 is 2.51 bits per heavy atom. The van der Waals surface area contributed by atoms with Gasteiger partial charge in [-0.25, -0.2) is 9.59 Å². The van der Waals surface area contributed by atoms with Crippen LogP contribution in [0.15, 0.2) is 46.2 Å². The minimum absolute atomic E-state index is 0.0356. The number of nitrogens with one attached hydrogen (secondary N) is 2. The standard InChI is InChI=1S/C19H20N2O3.C9H11FN2O5/c22-18-10-21-12-5-11(18)6-13(21)8-14(7-12)24-19(23)16-9-20-17-4-2-1-3-15(16)17;10-4-2-12(9(16)11-8(4)15)7-1-5(14)6(3-13)17-7/h1-4,9,11-14,20H,5-8,10H2;2,5-7,13-14H,1,3H2,(H,11,15,16)/t11?,12-,13+,14?;5-,6+,7+/m.0/s1. The number of carbonyl (C=O) groups is 2. The lowest BCUT2D eigenvalue weighted by molar-refractivity contribution is -0.145. The first kappa shape index (κ1) is 27.5. The number of fused-ring (bicyclic) bond motifs is 2. The summed E-state index contributed by atoms with van der Waals surface area (Å²) in [7, 11) is 0. The van der Waals surface area contributed by atoms with Crippen molar-refractivity contribution in [2.75, 3.05) is 13.2 Å². The molecule has 0 spiro atoms. The molecule has 5 aliphatic rings. The van der Waals surface area contributed by atoms with Crippen LogP contribution in [0.3, 0.4) is 0 Å². The summed E-state index contributed by atoms with van der Waals surface area (Å²) in [6.45, 7) is 0.196. The molecular formula is C28H31FN4O8. The number of aliphatic hydroxyl groups excluding tert-OH is 2. The van der Waals surface area contributed by atoms with Crippen LogP contribution in [0.2, 0.25) is 0 Å². The molecule has 2 aromatic heterocycles. The van der Waals surface area contributed by atoms with Crippen molar-refractivity contribution < 1.29 is 33.7 Å². The molecule has 13 heteroatoms. The van der Waals surface area contributed by atoms with E-state index in [9.17, 15) is 28.7 Å². The first-order valence-corrected chi connectivity index (χ1v) is 13.7. The average molecular weight is 571 g/mol. The van der Waals surface area contributed by atoms with E-state index in [1.165, 1.54) is 0 Å². The Labute approximate surface area is 232 Å². The summed E-state index contributed by atoms with van der Waals surface area (Å²) < 4.78 is 24.9. The number of para-hydroxylation sites is 1. The normalized spacial score (nSPS) is 32.0. The molecule has 218 valence electrons. The number of rotatable bonds is 4. The van der Waals surface area contributed by atoms with Crippen molar-refractivity contribution in [1.82, 2.24) is 19.4 Å². The molecule has 0 saturated carbocycles. The van der Waals surface area contributed by atoms with Crippen LogP contribution in [-0.4, -0.2) is 84.9 Å². The van der Waals surface area contributed by atoms with Crippen LogP contribution >= 0.6 is 0 Å². The van der Waals surface area contributed by atoms with Crippen molar-refractivity contribution in [3.05, 3.63) is 68.9 Å². The van der Waals surface area contributed by atoms with E-state index in [0.29, 0.717) is 30.0 Å². The number of aromatic amines is 2. The molecule has 8 atom stereocenters. The second-order valence-electron chi connectivity index (χ2n) is 11.1. The quantitative estimate of drug-likeness (QED) is 0.332. The number of esters is 1. The summed E-state index contributed by atoms with van der Waals surface area (Å²) in [4.78, 5) is 54.0. The number of ketones is 1. The number of aromatic nitrogens is 3. The van der Waals surface area contributed by atoms with Crippen molar-refractivity contribution in [3.63, 3.8) is 0 Å². The molecule has 41 heavy (non-hydrogen) atoms. The SMILES string of the molecule is O=C(OC1C[C@@H]2CC3C[C@H](C1)N2CC3=O)c1c[nH]c2ccccc12.O=c1[nH]c(=O)n([C@H]2C[C@H](O)[C@@H](CO)O2)cc1F. The van der Waals surface area contributed by atoms with Crippen LogP contribution in [0.1, 0.15) is 48.7 Å². The van der Waals surface area contributed by atoms with Gasteiger partial charge in [0.2, 0.25) is 5.82 Å². The molecule has 4 bridgehead atoms. The van der Waals surface area contributed by atoms with E-state index < -0.39 is 42.1 Å². The van der Waals surface area contributed by atoms with Gasteiger partial charge in [-0.05, 0) is 18.9 Å². The predicted molar refractivity (Wildman–Crippen MR) is 142 cm³/mol. The summed E-state index contributed by atoms with van der Waals surface area (Å²) in [5, 5.41) is 19.2. The van der Waals surface area contributed by atoms with Crippen LogP contribution in [0.5, 0.6) is 0 Å². The van der Waals surface area contributed by atoms with Gasteiger partial charge in [-0.15, -0.1) is 0 Å². The molecule has 3 unspecified atom stereocenters. The summed E-state index contributed by atoms with van der Waals surface area (Å²) >= 11 is 0. The Balaban J connectivity index is 0.000000158. The van der Waals surface area contributed by atoms with Crippen LogP contribution in [0.4, 0.5) is 4.39 Å². The Kier molecular flexibility index (Phi) is 7.36. The fraction of sp³-hybridized carbons (Fsp3) is 0.500. The van der Waals surface area contributed by atoms with Gasteiger partial charge >= 0.3 is 11.7 Å². The highest BCUT2D eigenvalue weighted by atomic mass is 19.1. The Morgan fingerprint density at radius 2 is 1.83 bits per heavy atom. The zero-order valence-electron chi connectivity index (χ0n) is 22.1. The lowest BCUT2D eigenvalue weighted by atomic mass is 9.72. The van der Waals surface area contributed by atoms with E-state index in [1.54, 1.807) is 11.2 Å². The van der Waals surface area contributed by atoms with Gasteiger partial charge in [0.05, 0.1) is 31.0 Å². The van der Waals surface area contributed by atoms with Gasteiger partial charge in [0.25, 0.3) is 5.56 Å². The van der Waals surface area contributed by atoms with Crippen LogP contribution < -0.4 is 11.2 Å². The molecule has 7 heterocycles. The lowest BCUT2D eigenvalue weighted by Gasteiger charge is -2.54. The maximum Gasteiger partial charge on any atom is 0.340 e. The van der Waals surface area contributed by atoms with Gasteiger partial charge in [-0.1, -0.05) is 18.2 Å². The average Bonchev–Trinajstić information content (AvgIpc) is 3.54. The molecule has 5 fully saturated rings. The van der Waals surface area contributed by atoms with E-state index in [4.69, 9.17) is 14.6 Å². The Morgan fingerprint density at radius 1 is 1.10 bits per heavy atom. The van der Waals surface area contributed by atoms with Gasteiger partial charge < -0.3 is 24.7 Å². The number of Topliss-reactive ketones (excluding diaryl/α,β-unsaturated/α-hetero) is 1. The largest absolute Gasteiger partial charge is 0.459 e. The number of ether oxygens (including phenoxy) is 2. The van der Waals surface area contributed by atoms with E-state index in [-0.39, 0.29) is 24.4 Å². The molecule has 12 nitrogen and oxygen atoms in total. The van der Waals surface area contributed by atoms with Gasteiger partial charge in [-0.3, -0.25) is 24.0 Å². The molecule has 1 aromatic carbocycles. The molecule has 5 aliphatic heterocycles. The Hall–Kier alpha value is -3.65. The molecule has 4 N–H and O–H groups in total. The zero-order valence-corrected chi connectivity index (χ0v) is 22.1. The monoisotopic (exact) mass is 570 g/mol. The summed E-state index contributed by atoms with van der Waals surface area (Å²) in [6, 6.07) is 8.58. The fourth-order valence-corrected chi connectivity index (χ4v) is 6.59. The molecule has 3 aromatic rings. The van der Waals surface area contributed by atoms with E-state index in [1.807, 2.05) is 24.3 Å². The molecule has 8 rings (SSSR count). The summed E-state index contributed by atoms with van der Waals surface area (Å²) in [5.41, 5.74) is -0.374. The van der Waals surface area contributed by atoms with Gasteiger partial charge in [0, 0.05) is 54.4 Å². The number of halogens is 1. The topological polar surface area (TPSA) is 167 Å². The highest BCUT2D eigenvalue weighted by Gasteiger charge is 2.49. The highest BCUT2D eigenvalue weighted by Crippen LogP contribution is 2.42. The number of hydrogen-bond acceptors (Lipinski definition) is 9. The highest BCUT2D eigenvalue weighted by molar-refractivity contribution is 6.04. The fourth-order valence-electron chi connectivity index (χ4n) is 6.59. The first-order chi connectivity index (χ1) is 19.7. The maximum atomic E-state index is 13.0.